The SMILES string of the molecule is COc1ccc(C(=O)NCc2ccco2)cc1N. The number of rotatable bonds is 4. The fraction of sp³-hybridized carbons (Fsp3) is 0.154. The van der Waals surface area contributed by atoms with Gasteiger partial charge in [-0.2, -0.15) is 0 Å². The van der Waals surface area contributed by atoms with Gasteiger partial charge >= 0.3 is 0 Å². The average molecular weight is 246 g/mol. The number of amides is 1. The van der Waals surface area contributed by atoms with E-state index in [2.05, 4.69) is 5.32 Å². The molecule has 0 aliphatic carbocycles. The number of carbonyl (C=O) groups is 1. The number of furan rings is 1. The highest BCUT2D eigenvalue weighted by Crippen LogP contribution is 2.21. The van der Waals surface area contributed by atoms with Gasteiger partial charge in [-0.05, 0) is 30.3 Å². The summed E-state index contributed by atoms with van der Waals surface area (Å²) in [4.78, 5) is 11.8. The Labute approximate surface area is 105 Å². The monoisotopic (exact) mass is 246 g/mol. The van der Waals surface area contributed by atoms with E-state index in [9.17, 15) is 4.79 Å². The predicted molar refractivity (Wildman–Crippen MR) is 67.3 cm³/mol. The maximum Gasteiger partial charge on any atom is 0.251 e. The summed E-state index contributed by atoms with van der Waals surface area (Å²) in [6.07, 6.45) is 1.56. The van der Waals surface area contributed by atoms with E-state index >= 15 is 0 Å². The molecule has 1 heterocycles. The van der Waals surface area contributed by atoms with Gasteiger partial charge in [0, 0.05) is 5.56 Å². The largest absolute Gasteiger partial charge is 0.495 e. The molecule has 18 heavy (non-hydrogen) atoms. The summed E-state index contributed by atoms with van der Waals surface area (Å²) in [5.74, 6) is 1.04. The molecule has 0 unspecified atom stereocenters. The maximum absolute atomic E-state index is 11.8. The number of anilines is 1. The van der Waals surface area contributed by atoms with E-state index in [4.69, 9.17) is 14.9 Å². The number of nitrogens with two attached hydrogens (primary N) is 1. The molecule has 2 rings (SSSR count). The standard InChI is InChI=1S/C13H14N2O3/c1-17-12-5-4-9(7-11(12)14)13(16)15-8-10-3-2-6-18-10/h2-7H,8,14H2,1H3,(H,15,16). The van der Waals surface area contributed by atoms with Crippen molar-refractivity contribution in [3.63, 3.8) is 0 Å². The minimum atomic E-state index is -0.208. The van der Waals surface area contributed by atoms with Crippen LogP contribution in [0.2, 0.25) is 0 Å². The summed E-state index contributed by atoms with van der Waals surface area (Å²) in [6.45, 7) is 0.345. The zero-order valence-corrected chi connectivity index (χ0v) is 9.97. The van der Waals surface area contributed by atoms with Crippen LogP contribution in [0.1, 0.15) is 16.1 Å². The van der Waals surface area contributed by atoms with Crippen LogP contribution in [0.25, 0.3) is 0 Å². The summed E-state index contributed by atoms with van der Waals surface area (Å²) in [5, 5.41) is 2.74. The Morgan fingerprint density at radius 3 is 2.89 bits per heavy atom. The number of hydrogen-bond acceptors (Lipinski definition) is 4. The first kappa shape index (κ1) is 12.0. The molecule has 0 fully saturated rings. The molecule has 0 saturated heterocycles. The van der Waals surface area contributed by atoms with Gasteiger partial charge in [0.25, 0.3) is 5.91 Å². The Morgan fingerprint density at radius 2 is 2.28 bits per heavy atom. The summed E-state index contributed by atoms with van der Waals surface area (Å²) in [7, 11) is 1.53. The van der Waals surface area contributed by atoms with Gasteiger partial charge < -0.3 is 20.2 Å². The van der Waals surface area contributed by atoms with Crippen molar-refractivity contribution in [3.05, 3.63) is 47.9 Å². The summed E-state index contributed by atoms with van der Waals surface area (Å²) >= 11 is 0. The molecule has 1 aromatic carbocycles. The minimum absolute atomic E-state index is 0.208. The van der Waals surface area contributed by atoms with Crippen LogP contribution in [-0.4, -0.2) is 13.0 Å². The molecule has 0 radical (unpaired) electrons. The topological polar surface area (TPSA) is 77.5 Å². The maximum atomic E-state index is 11.8. The number of nitrogen functional groups attached to an aromatic ring is 1. The van der Waals surface area contributed by atoms with Gasteiger partial charge in [0.1, 0.15) is 11.5 Å². The third-order valence-corrected chi connectivity index (χ3v) is 2.50. The third kappa shape index (κ3) is 2.63. The number of carbonyl (C=O) groups excluding carboxylic acids is 1. The molecule has 0 aliphatic heterocycles. The van der Waals surface area contributed by atoms with E-state index in [0.29, 0.717) is 29.3 Å². The second kappa shape index (κ2) is 5.27. The number of nitrogens with one attached hydrogen (secondary N) is 1. The van der Waals surface area contributed by atoms with Crippen molar-refractivity contribution in [2.24, 2.45) is 0 Å². The Bertz CT molecular complexity index is 535. The smallest absolute Gasteiger partial charge is 0.251 e. The number of ether oxygens (including phenoxy) is 1. The van der Waals surface area contributed by atoms with Crippen LogP contribution in [0, 0.1) is 0 Å². The van der Waals surface area contributed by atoms with Gasteiger partial charge in [-0.15, -0.1) is 0 Å². The highest BCUT2D eigenvalue weighted by molar-refractivity contribution is 5.95. The molecule has 5 heteroatoms. The second-order valence-corrected chi connectivity index (χ2v) is 3.72. The lowest BCUT2D eigenvalue weighted by atomic mass is 10.1. The molecule has 0 atom stereocenters. The van der Waals surface area contributed by atoms with Gasteiger partial charge in [0.2, 0.25) is 0 Å². The molecule has 0 spiro atoms. The van der Waals surface area contributed by atoms with Crippen molar-refractivity contribution in [3.8, 4) is 5.75 Å². The van der Waals surface area contributed by atoms with E-state index in [1.807, 2.05) is 0 Å². The van der Waals surface area contributed by atoms with Crippen molar-refractivity contribution in [1.82, 2.24) is 5.32 Å². The van der Waals surface area contributed by atoms with Crippen LogP contribution in [0.15, 0.2) is 41.0 Å². The van der Waals surface area contributed by atoms with Crippen molar-refractivity contribution >= 4 is 11.6 Å². The molecule has 2 aromatic rings. The number of methoxy groups -OCH3 is 1. The lowest BCUT2D eigenvalue weighted by Gasteiger charge is -2.07. The zero-order chi connectivity index (χ0) is 13.0. The fourth-order valence-corrected chi connectivity index (χ4v) is 1.56. The quantitative estimate of drug-likeness (QED) is 0.806. The highest BCUT2D eigenvalue weighted by atomic mass is 16.5. The van der Waals surface area contributed by atoms with Crippen LogP contribution in [0.5, 0.6) is 5.75 Å². The van der Waals surface area contributed by atoms with E-state index in [0.717, 1.165) is 0 Å². The van der Waals surface area contributed by atoms with Crippen molar-refractivity contribution in [2.75, 3.05) is 12.8 Å². The third-order valence-electron chi connectivity index (χ3n) is 2.50. The van der Waals surface area contributed by atoms with Gasteiger partial charge in [-0.25, -0.2) is 0 Å². The molecule has 0 aliphatic rings. The minimum Gasteiger partial charge on any atom is -0.495 e. The van der Waals surface area contributed by atoms with Crippen LogP contribution in [0.4, 0.5) is 5.69 Å². The summed E-state index contributed by atoms with van der Waals surface area (Å²) in [5.41, 5.74) is 6.66. The zero-order valence-electron chi connectivity index (χ0n) is 9.97. The predicted octanol–water partition coefficient (Wildman–Crippen LogP) is 1.80. The second-order valence-electron chi connectivity index (χ2n) is 3.72. The molecular weight excluding hydrogens is 232 g/mol. The molecule has 3 N–H and O–H groups in total. The summed E-state index contributed by atoms with van der Waals surface area (Å²) < 4.78 is 10.1. The molecule has 0 bridgehead atoms. The Kier molecular flexibility index (Phi) is 3.52. The van der Waals surface area contributed by atoms with Gasteiger partial charge in [-0.3, -0.25) is 4.79 Å². The first-order valence-corrected chi connectivity index (χ1v) is 5.45. The van der Waals surface area contributed by atoms with E-state index in [1.165, 1.54) is 7.11 Å². The van der Waals surface area contributed by atoms with Crippen LogP contribution in [0.3, 0.4) is 0 Å². The van der Waals surface area contributed by atoms with Crippen molar-refractivity contribution < 1.29 is 13.9 Å². The van der Waals surface area contributed by atoms with E-state index < -0.39 is 0 Å². The van der Waals surface area contributed by atoms with Gasteiger partial charge in [-0.1, -0.05) is 0 Å². The van der Waals surface area contributed by atoms with E-state index in [-0.39, 0.29) is 5.91 Å². The Morgan fingerprint density at radius 1 is 1.44 bits per heavy atom. The molecule has 0 saturated carbocycles. The lowest BCUT2D eigenvalue weighted by molar-refractivity contribution is 0.0948. The lowest BCUT2D eigenvalue weighted by Crippen LogP contribution is -2.22. The molecular formula is C13H14N2O3. The molecule has 1 aromatic heterocycles. The fourth-order valence-electron chi connectivity index (χ4n) is 1.56. The van der Waals surface area contributed by atoms with Crippen molar-refractivity contribution in [2.45, 2.75) is 6.54 Å². The number of hydrogen-bond donors (Lipinski definition) is 2. The highest BCUT2D eigenvalue weighted by Gasteiger charge is 2.08. The molecule has 1 amide bonds. The van der Waals surface area contributed by atoms with Gasteiger partial charge in [0.05, 0.1) is 25.6 Å². The van der Waals surface area contributed by atoms with Crippen LogP contribution < -0.4 is 15.8 Å². The van der Waals surface area contributed by atoms with Crippen LogP contribution >= 0.6 is 0 Å². The molecule has 5 nitrogen and oxygen atoms in total. The summed E-state index contributed by atoms with van der Waals surface area (Å²) in [6, 6.07) is 8.47. The van der Waals surface area contributed by atoms with Crippen LogP contribution in [-0.2, 0) is 6.54 Å². The first-order chi connectivity index (χ1) is 8.70. The van der Waals surface area contributed by atoms with E-state index in [1.54, 1.807) is 36.6 Å². The van der Waals surface area contributed by atoms with Gasteiger partial charge in [0.15, 0.2) is 0 Å². The Hall–Kier alpha value is -2.43. The molecule has 94 valence electrons. The van der Waals surface area contributed by atoms with Crippen molar-refractivity contribution in [1.29, 1.82) is 0 Å². The normalized spacial score (nSPS) is 10.1. The first-order valence-electron chi connectivity index (χ1n) is 5.45. The Balaban J connectivity index is 2.02. The number of benzene rings is 1. The average Bonchev–Trinajstić information content (AvgIpc) is 2.89.